The van der Waals surface area contributed by atoms with E-state index < -0.39 is 0 Å². The van der Waals surface area contributed by atoms with Gasteiger partial charge in [-0.05, 0) is 61.1 Å². The topological polar surface area (TPSA) is 73.0 Å². The van der Waals surface area contributed by atoms with E-state index in [4.69, 9.17) is 0 Å². The maximum absolute atomic E-state index is 13.0. The van der Waals surface area contributed by atoms with Crippen molar-refractivity contribution in [3.8, 4) is 0 Å². The van der Waals surface area contributed by atoms with E-state index in [0.717, 1.165) is 49.4 Å². The van der Waals surface area contributed by atoms with E-state index in [1.54, 1.807) is 0 Å². The summed E-state index contributed by atoms with van der Waals surface area (Å²) in [5, 5.41) is 2.44. The van der Waals surface area contributed by atoms with Crippen molar-refractivity contribution in [2.75, 3.05) is 36.0 Å². The van der Waals surface area contributed by atoms with Gasteiger partial charge in [-0.3, -0.25) is 19.8 Å². The average molecular weight is 459 g/mol. The number of nitrogens with zero attached hydrogens (tertiary/aromatic N) is 3. The second kappa shape index (κ2) is 9.71. The Bertz CT molecular complexity index is 1070. The Labute approximate surface area is 200 Å². The van der Waals surface area contributed by atoms with Crippen LogP contribution in [-0.4, -0.2) is 48.9 Å². The zero-order valence-electron chi connectivity index (χ0n) is 19.2. The summed E-state index contributed by atoms with van der Waals surface area (Å²) < 4.78 is 0. The van der Waals surface area contributed by atoms with Crippen molar-refractivity contribution in [2.45, 2.75) is 31.6 Å². The molecular weight excluding hydrogens is 428 g/mol. The lowest BCUT2D eigenvalue weighted by atomic mass is 9.90. The molecule has 1 N–H and O–H groups in total. The second-order valence-corrected chi connectivity index (χ2v) is 9.29. The van der Waals surface area contributed by atoms with Crippen LogP contribution >= 0.6 is 0 Å². The summed E-state index contributed by atoms with van der Waals surface area (Å²) in [5.41, 5.74) is 3.04. The molecule has 1 unspecified atom stereocenters. The molecule has 5 rings (SSSR count). The highest BCUT2D eigenvalue weighted by molar-refractivity contribution is 6.01. The summed E-state index contributed by atoms with van der Waals surface area (Å²) in [6.45, 7) is 3.22. The Hall–Kier alpha value is -3.61. The predicted molar refractivity (Wildman–Crippen MR) is 132 cm³/mol. The number of hydrogen-bond donors (Lipinski definition) is 1. The lowest BCUT2D eigenvalue weighted by Crippen LogP contribution is -2.47. The Morgan fingerprint density at radius 3 is 2.29 bits per heavy atom. The summed E-state index contributed by atoms with van der Waals surface area (Å²) in [6, 6.07) is 18.0. The van der Waals surface area contributed by atoms with Gasteiger partial charge in [-0.15, -0.1) is 0 Å². The molecule has 3 aliphatic rings. The normalized spacial score (nSPS) is 21.7. The number of carbonyl (C=O) groups is 3. The fourth-order valence-corrected chi connectivity index (χ4v) is 5.12. The van der Waals surface area contributed by atoms with E-state index in [-0.39, 0.29) is 23.8 Å². The molecule has 0 spiro atoms. The molecule has 0 saturated carbocycles. The van der Waals surface area contributed by atoms with Crippen LogP contribution in [0.15, 0.2) is 66.9 Å². The summed E-state index contributed by atoms with van der Waals surface area (Å²) in [6.07, 6.45) is 7.00. The first-order valence-corrected chi connectivity index (χ1v) is 12.1. The van der Waals surface area contributed by atoms with Gasteiger partial charge in [0.2, 0.25) is 11.8 Å². The predicted octanol–water partition coefficient (Wildman–Crippen LogP) is 3.88. The zero-order chi connectivity index (χ0) is 23.5. The molecule has 2 saturated heterocycles. The molecular formula is C27H30N4O3. The van der Waals surface area contributed by atoms with Crippen LogP contribution in [0.1, 0.15) is 37.2 Å². The van der Waals surface area contributed by atoms with Gasteiger partial charge >= 0.3 is 6.03 Å². The van der Waals surface area contributed by atoms with E-state index in [2.05, 4.69) is 22.3 Å². The molecule has 34 heavy (non-hydrogen) atoms. The fraction of sp³-hybridized carbons (Fsp3) is 0.370. The summed E-state index contributed by atoms with van der Waals surface area (Å²) in [5.74, 6) is -0.168. The highest BCUT2D eigenvalue weighted by Crippen LogP contribution is 2.29. The third kappa shape index (κ3) is 4.69. The maximum atomic E-state index is 13.0. The number of para-hydroxylation sites is 1. The van der Waals surface area contributed by atoms with Crippen molar-refractivity contribution in [1.82, 2.24) is 10.2 Å². The number of imide groups is 1. The number of urea groups is 1. The Morgan fingerprint density at radius 1 is 0.853 bits per heavy atom. The van der Waals surface area contributed by atoms with Crippen molar-refractivity contribution in [3.63, 3.8) is 0 Å². The first-order valence-electron chi connectivity index (χ1n) is 12.1. The van der Waals surface area contributed by atoms with Gasteiger partial charge in [0.15, 0.2) is 0 Å². The van der Waals surface area contributed by atoms with Gasteiger partial charge in [0, 0.05) is 50.2 Å². The number of benzene rings is 2. The molecule has 2 fully saturated rings. The molecule has 1 atom stereocenters. The van der Waals surface area contributed by atoms with E-state index in [0.29, 0.717) is 25.3 Å². The third-order valence-corrected chi connectivity index (χ3v) is 7.09. The molecule has 2 aromatic carbocycles. The molecule has 3 aliphatic heterocycles. The standard InChI is InChI=1S/C27H30N4O3/c32-25-12-11-24(26(33)28-25)21-7-9-22(10-8-21)29-17-13-20(14-18-29)19-30-15-4-16-31(27(30)34)23-5-2-1-3-6-23/h1-10,15,20,24H,11-14,16-19H2,(H,28,32,33). The number of carbonyl (C=O) groups excluding carboxylic acids is 3. The van der Waals surface area contributed by atoms with Gasteiger partial charge in [-0.25, -0.2) is 4.79 Å². The number of piperidine rings is 2. The highest BCUT2D eigenvalue weighted by Gasteiger charge is 2.29. The minimum absolute atomic E-state index is 0.0418. The van der Waals surface area contributed by atoms with Crippen LogP contribution in [0.5, 0.6) is 0 Å². The largest absolute Gasteiger partial charge is 0.372 e. The van der Waals surface area contributed by atoms with Crippen LogP contribution in [0.25, 0.3) is 0 Å². The molecule has 176 valence electrons. The molecule has 3 heterocycles. The molecule has 0 radical (unpaired) electrons. The number of anilines is 2. The molecule has 0 aliphatic carbocycles. The fourth-order valence-electron chi connectivity index (χ4n) is 5.12. The number of nitrogens with one attached hydrogen (secondary N) is 1. The van der Waals surface area contributed by atoms with Gasteiger partial charge in [0.25, 0.3) is 0 Å². The van der Waals surface area contributed by atoms with Gasteiger partial charge in [0.05, 0.1) is 5.92 Å². The third-order valence-electron chi connectivity index (χ3n) is 7.09. The van der Waals surface area contributed by atoms with Crippen molar-refractivity contribution in [2.24, 2.45) is 5.92 Å². The zero-order valence-corrected chi connectivity index (χ0v) is 19.2. The van der Waals surface area contributed by atoms with Crippen molar-refractivity contribution < 1.29 is 14.4 Å². The molecule has 4 amide bonds. The summed E-state index contributed by atoms with van der Waals surface area (Å²) in [4.78, 5) is 42.6. The van der Waals surface area contributed by atoms with Crippen molar-refractivity contribution in [1.29, 1.82) is 0 Å². The smallest absolute Gasteiger partial charge is 0.328 e. The van der Waals surface area contributed by atoms with E-state index >= 15 is 0 Å². The Balaban J connectivity index is 1.15. The average Bonchev–Trinajstić information content (AvgIpc) is 2.87. The van der Waals surface area contributed by atoms with Crippen LogP contribution in [0.2, 0.25) is 0 Å². The van der Waals surface area contributed by atoms with Crippen LogP contribution in [0.3, 0.4) is 0 Å². The molecule has 0 bridgehead atoms. The van der Waals surface area contributed by atoms with E-state index in [9.17, 15) is 14.4 Å². The first-order chi connectivity index (χ1) is 16.6. The quantitative estimate of drug-likeness (QED) is 0.691. The summed E-state index contributed by atoms with van der Waals surface area (Å²) in [7, 11) is 0. The van der Waals surface area contributed by atoms with E-state index in [1.165, 1.54) is 0 Å². The summed E-state index contributed by atoms with van der Waals surface area (Å²) >= 11 is 0. The monoisotopic (exact) mass is 458 g/mol. The molecule has 7 nitrogen and oxygen atoms in total. The van der Waals surface area contributed by atoms with Gasteiger partial charge in [-0.2, -0.15) is 0 Å². The van der Waals surface area contributed by atoms with E-state index in [1.807, 2.05) is 64.5 Å². The number of rotatable bonds is 5. The SMILES string of the molecule is O=C1CCC(c2ccc(N3CCC(CN4C=CCN(c5ccccc5)C4=O)CC3)cc2)C(=O)N1. The van der Waals surface area contributed by atoms with Crippen LogP contribution in [0.4, 0.5) is 16.2 Å². The van der Waals surface area contributed by atoms with Crippen molar-refractivity contribution >= 4 is 29.2 Å². The van der Waals surface area contributed by atoms with Gasteiger partial charge in [0.1, 0.15) is 0 Å². The molecule has 0 aromatic heterocycles. The number of hydrogen-bond acceptors (Lipinski definition) is 4. The lowest BCUT2D eigenvalue weighted by Gasteiger charge is -2.37. The lowest BCUT2D eigenvalue weighted by molar-refractivity contribution is -0.134. The Morgan fingerprint density at radius 2 is 1.59 bits per heavy atom. The Kier molecular flexibility index (Phi) is 6.34. The first kappa shape index (κ1) is 22.2. The number of amides is 4. The highest BCUT2D eigenvalue weighted by atomic mass is 16.2. The van der Waals surface area contributed by atoms with Crippen LogP contribution in [0, 0.1) is 5.92 Å². The molecule has 2 aromatic rings. The van der Waals surface area contributed by atoms with Crippen LogP contribution < -0.4 is 15.1 Å². The second-order valence-electron chi connectivity index (χ2n) is 9.29. The van der Waals surface area contributed by atoms with Crippen molar-refractivity contribution in [3.05, 3.63) is 72.4 Å². The minimum atomic E-state index is -0.247. The van der Waals surface area contributed by atoms with Crippen LogP contribution in [-0.2, 0) is 9.59 Å². The van der Waals surface area contributed by atoms with Gasteiger partial charge in [-0.1, -0.05) is 30.3 Å². The minimum Gasteiger partial charge on any atom is -0.372 e. The van der Waals surface area contributed by atoms with Gasteiger partial charge < -0.3 is 9.80 Å². The molecule has 7 heteroatoms. The maximum Gasteiger partial charge on any atom is 0.328 e.